The molecule has 2 nitrogen and oxygen atoms in total. The molecule has 3 heteroatoms. The third kappa shape index (κ3) is 2.22. The Morgan fingerprint density at radius 1 is 1.16 bits per heavy atom. The Bertz CT molecular complexity index is 609. The second-order valence-corrected chi connectivity index (χ2v) is 4.90. The van der Waals surface area contributed by atoms with Crippen LogP contribution in [0.25, 0.3) is 0 Å². The van der Waals surface area contributed by atoms with Crippen LogP contribution in [0.1, 0.15) is 35.3 Å². The topological polar surface area (TPSA) is 29.5 Å². The highest BCUT2D eigenvalue weighted by atomic mass is 19.1. The van der Waals surface area contributed by atoms with Gasteiger partial charge < -0.3 is 9.84 Å². The van der Waals surface area contributed by atoms with Crippen molar-refractivity contribution in [1.82, 2.24) is 0 Å². The molecule has 0 amide bonds. The molecule has 0 saturated carbocycles. The number of aliphatic hydroxyl groups excluding tert-OH is 1. The van der Waals surface area contributed by atoms with Crippen LogP contribution in [0, 0.1) is 12.7 Å². The van der Waals surface area contributed by atoms with Gasteiger partial charge in [-0.15, -0.1) is 0 Å². The van der Waals surface area contributed by atoms with E-state index in [4.69, 9.17) is 4.74 Å². The third-order valence-corrected chi connectivity index (χ3v) is 3.58. The van der Waals surface area contributed by atoms with Crippen LogP contribution in [-0.4, -0.2) is 5.11 Å². The minimum Gasteiger partial charge on any atom is -0.485 e. The molecule has 0 radical (unpaired) electrons. The van der Waals surface area contributed by atoms with E-state index in [1.165, 1.54) is 12.1 Å². The number of halogens is 1. The zero-order valence-corrected chi connectivity index (χ0v) is 10.6. The van der Waals surface area contributed by atoms with E-state index in [-0.39, 0.29) is 11.9 Å². The average Bonchev–Trinajstić information content (AvgIpc) is 2.38. The summed E-state index contributed by atoms with van der Waals surface area (Å²) in [4.78, 5) is 0. The van der Waals surface area contributed by atoms with E-state index in [9.17, 15) is 9.50 Å². The Kier molecular flexibility index (Phi) is 2.99. The lowest BCUT2D eigenvalue weighted by molar-refractivity contribution is 0.0651. The maximum Gasteiger partial charge on any atom is 0.128 e. The fraction of sp³-hybridized carbons (Fsp3) is 0.250. The summed E-state index contributed by atoms with van der Waals surface area (Å²) in [6.45, 7) is 2.01. The van der Waals surface area contributed by atoms with E-state index in [0.29, 0.717) is 17.7 Å². The average molecular weight is 258 g/mol. The highest BCUT2D eigenvalue weighted by Crippen LogP contribution is 2.41. The Morgan fingerprint density at radius 3 is 2.74 bits per heavy atom. The summed E-state index contributed by atoms with van der Waals surface area (Å²) in [5.74, 6) is 0.0865. The van der Waals surface area contributed by atoms with Gasteiger partial charge in [-0.25, -0.2) is 4.39 Å². The fourth-order valence-corrected chi connectivity index (χ4v) is 2.56. The Hall–Kier alpha value is -1.87. The summed E-state index contributed by atoms with van der Waals surface area (Å²) < 4.78 is 19.1. The minimum absolute atomic E-state index is 0.231. The Morgan fingerprint density at radius 2 is 1.95 bits per heavy atom. The molecule has 98 valence electrons. The maximum absolute atomic E-state index is 13.3. The number of hydrogen-bond donors (Lipinski definition) is 1. The number of benzene rings is 2. The molecule has 0 spiro atoms. The molecule has 1 N–H and O–H groups in total. The van der Waals surface area contributed by atoms with Gasteiger partial charge in [-0.3, -0.25) is 0 Å². The van der Waals surface area contributed by atoms with Gasteiger partial charge in [-0.2, -0.15) is 0 Å². The largest absolute Gasteiger partial charge is 0.485 e. The summed E-state index contributed by atoms with van der Waals surface area (Å²) in [7, 11) is 0. The van der Waals surface area contributed by atoms with E-state index < -0.39 is 6.10 Å². The summed E-state index contributed by atoms with van der Waals surface area (Å²) in [5, 5.41) is 10.2. The lowest BCUT2D eigenvalue weighted by Gasteiger charge is -2.30. The fourth-order valence-electron chi connectivity index (χ4n) is 2.56. The molecular formula is C16H15FO2. The normalized spacial score (nSPS) is 21.6. The summed E-state index contributed by atoms with van der Waals surface area (Å²) in [5.41, 5.74) is 2.81. The first kappa shape index (κ1) is 12.2. The monoisotopic (exact) mass is 258 g/mol. The molecular weight excluding hydrogens is 243 g/mol. The molecule has 0 fully saturated rings. The van der Waals surface area contributed by atoms with Crippen molar-refractivity contribution in [2.45, 2.75) is 25.6 Å². The van der Waals surface area contributed by atoms with Gasteiger partial charge in [0.15, 0.2) is 0 Å². The molecule has 1 aliphatic heterocycles. The Labute approximate surface area is 111 Å². The zero-order valence-electron chi connectivity index (χ0n) is 10.6. The summed E-state index contributed by atoms with van der Waals surface area (Å²) >= 11 is 0. The first-order valence-corrected chi connectivity index (χ1v) is 6.35. The standard InChI is InChI=1S/C16H15FO2/c1-10-4-2-3-5-12(10)16-9-14(18)13-7-6-11(17)8-15(13)19-16/h2-8,14,16,18H,9H2,1H3/t14-,16?/m1/s1. The van der Waals surface area contributed by atoms with Crippen LogP contribution in [-0.2, 0) is 0 Å². The predicted octanol–water partition coefficient (Wildman–Crippen LogP) is 3.69. The minimum atomic E-state index is -0.617. The second kappa shape index (κ2) is 4.67. The maximum atomic E-state index is 13.3. The molecule has 0 saturated heterocycles. The highest BCUT2D eigenvalue weighted by molar-refractivity contribution is 5.40. The number of rotatable bonds is 1. The van der Waals surface area contributed by atoms with Crippen LogP contribution in [0.5, 0.6) is 5.75 Å². The van der Waals surface area contributed by atoms with Crippen molar-refractivity contribution in [3.05, 3.63) is 65.0 Å². The molecule has 1 aliphatic rings. The van der Waals surface area contributed by atoms with Crippen molar-refractivity contribution in [1.29, 1.82) is 0 Å². The van der Waals surface area contributed by atoms with Crippen molar-refractivity contribution in [3.8, 4) is 5.75 Å². The molecule has 2 aromatic carbocycles. The van der Waals surface area contributed by atoms with Gasteiger partial charge in [0, 0.05) is 18.1 Å². The molecule has 0 aliphatic carbocycles. The van der Waals surface area contributed by atoms with Crippen LogP contribution in [0.4, 0.5) is 4.39 Å². The lowest BCUT2D eigenvalue weighted by atomic mass is 9.93. The van der Waals surface area contributed by atoms with Gasteiger partial charge in [-0.1, -0.05) is 24.3 Å². The van der Waals surface area contributed by atoms with E-state index >= 15 is 0 Å². The molecule has 0 aromatic heterocycles. The number of hydrogen-bond acceptors (Lipinski definition) is 2. The predicted molar refractivity (Wildman–Crippen MR) is 70.5 cm³/mol. The highest BCUT2D eigenvalue weighted by Gasteiger charge is 2.28. The van der Waals surface area contributed by atoms with Gasteiger partial charge in [0.05, 0.1) is 6.10 Å². The van der Waals surface area contributed by atoms with Crippen LogP contribution in [0.15, 0.2) is 42.5 Å². The number of aliphatic hydroxyl groups is 1. The molecule has 2 atom stereocenters. The zero-order chi connectivity index (χ0) is 13.4. The second-order valence-electron chi connectivity index (χ2n) is 4.90. The van der Waals surface area contributed by atoms with E-state index in [0.717, 1.165) is 11.1 Å². The number of fused-ring (bicyclic) bond motifs is 1. The molecule has 1 heterocycles. The lowest BCUT2D eigenvalue weighted by Crippen LogP contribution is -2.19. The number of ether oxygens (including phenoxy) is 1. The van der Waals surface area contributed by atoms with Crippen molar-refractivity contribution in [2.24, 2.45) is 0 Å². The van der Waals surface area contributed by atoms with E-state index in [1.54, 1.807) is 6.07 Å². The molecule has 2 aromatic rings. The van der Waals surface area contributed by atoms with Gasteiger partial charge in [0.1, 0.15) is 17.7 Å². The van der Waals surface area contributed by atoms with Crippen molar-refractivity contribution < 1.29 is 14.2 Å². The van der Waals surface area contributed by atoms with Crippen LogP contribution >= 0.6 is 0 Å². The van der Waals surface area contributed by atoms with Gasteiger partial charge in [0.25, 0.3) is 0 Å². The van der Waals surface area contributed by atoms with Crippen molar-refractivity contribution in [3.63, 3.8) is 0 Å². The van der Waals surface area contributed by atoms with Crippen LogP contribution in [0.3, 0.4) is 0 Å². The van der Waals surface area contributed by atoms with Crippen molar-refractivity contribution in [2.75, 3.05) is 0 Å². The van der Waals surface area contributed by atoms with Crippen LogP contribution < -0.4 is 4.74 Å². The van der Waals surface area contributed by atoms with E-state index in [2.05, 4.69) is 0 Å². The summed E-state index contributed by atoms with van der Waals surface area (Å²) in [6, 6.07) is 12.2. The number of aryl methyl sites for hydroxylation is 1. The Balaban J connectivity index is 1.99. The molecule has 1 unspecified atom stereocenters. The third-order valence-electron chi connectivity index (χ3n) is 3.58. The van der Waals surface area contributed by atoms with Crippen molar-refractivity contribution >= 4 is 0 Å². The van der Waals surface area contributed by atoms with Gasteiger partial charge in [0.2, 0.25) is 0 Å². The van der Waals surface area contributed by atoms with Gasteiger partial charge >= 0.3 is 0 Å². The van der Waals surface area contributed by atoms with Gasteiger partial charge in [-0.05, 0) is 30.2 Å². The smallest absolute Gasteiger partial charge is 0.128 e. The quantitative estimate of drug-likeness (QED) is 0.845. The molecule has 3 rings (SSSR count). The molecule has 0 bridgehead atoms. The SMILES string of the molecule is Cc1ccccc1C1C[C@@H](O)c2ccc(F)cc2O1. The molecule has 19 heavy (non-hydrogen) atoms. The summed E-state index contributed by atoms with van der Waals surface area (Å²) in [6.07, 6.45) is -0.358. The first-order valence-electron chi connectivity index (χ1n) is 6.35. The first-order chi connectivity index (χ1) is 9.15. The van der Waals surface area contributed by atoms with E-state index in [1.807, 2.05) is 31.2 Å². The van der Waals surface area contributed by atoms with Crippen LogP contribution in [0.2, 0.25) is 0 Å².